The van der Waals surface area contributed by atoms with E-state index in [1.54, 1.807) is 0 Å². The van der Waals surface area contributed by atoms with Gasteiger partial charge in [-0.15, -0.1) is 0 Å². The number of carbonyl (C=O) groups is 2. The summed E-state index contributed by atoms with van der Waals surface area (Å²) in [5.41, 5.74) is 10.3. The second-order valence-corrected chi connectivity index (χ2v) is 5.82. The van der Waals surface area contributed by atoms with E-state index in [1.807, 2.05) is 27.7 Å². The normalized spacial score (nSPS) is 10.2. The summed E-state index contributed by atoms with van der Waals surface area (Å²) in [6, 6.07) is 3.48. The summed E-state index contributed by atoms with van der Waals surface area (Å²) in [6.07, 6.45) is 6.12. The van der Waals surface area contributed by atoms with Gasteiger partial charge in [-0.25, -0.2) is 8.78 Å². The number of aromatic amines is 1. The molecule has 0 bridgehead atoms. The van der Waals surface area contributed by atoms with Crippen molar-refractivity contribution in [3.8, 4) is 0 Å². The minimum Gasteiger partial charge on any atom is -0.330 e. The van der Waals surface area contributed by atoms with Gasteiger partial charge in [0.2, 0.25) is 0 Å². The lowest BCUT2D eigenvalue weighted by atomic mass is 10.1. The van der Waals surface area contributed by atoms with Gasteiger partial charge >= 0.3 is 0 Å². The van der Waals surface area contributed by atoms with E-state index in [0.29, 0.717) is 12.3 Å². The summed E-state index contributed by atoms with van der Waals surface area (Å²) in [5.74, 6) is -2.96. The van der Waals surface area contributed by atoms with Gasteiger partial charge in [0.25, 0.3) is 5.91 Å². The fourth-order valence-electron chi connectivity index (χ4n) is 2.14. The van der Waals surface area contributed by atoms with Crippen molar-refractivity contribution in [2.75, 3.05) is 11.9 Å². The van der Waals surface area contributed by atoms with E-state index in [1.165, 1.54) is 12.6 Å². The zero-order valence-corrected chi connectivity index (χ0v) is 19.2. The maximum absolute atomic E-state index is 13.3. The van der Waals surface area contributed by atoms with Crippen molar-refractivity contribution in [2.24, 2.45) is 11.5 Å². The van der Waals surface area contributed by atoms with Crippen molar-refractivity contribution in [1.82, 2.24) is 10.2 Å². The number of rotatable bonds is 8. The van der Waals surface area contributed by atoms with Gasteiger partial charge < -0.3 is 16.8 Å². The molecular weight excluding hydrogens is 404 g/mol. The number of hydrogen-bond acceptors (Lipinski definition) is 5. The number of nitrogens with zero attached hydrogens (tertiary/aromatic N) is 1. The first-order valence-electron chi connectivity index (χ1n) is 10.6. The second-order valence-electron chi connectivity index (χ2n) is 5.82. The average Bonchev–Trinajstić information content (AvgIpc) is 3.24. The number of aromatic nitrogens is 2. The molecule has 1 aromatic carbocycles. The highest BCUT2D eigenvalue weighted by Crippen LogP contribution is 2.16. The number of amides is 1. The minimum absolute atomic E-state index is 0.0140. The predicted molar refractivity (Wildman–Crippen MR) is 122 cm³/mol. The molecule has 0 aliphatic rings. The number of H-pyrrole nitrogens is 1. The van der Waals surface area contributed by atoms with Gasteiger partial charge in [-0.3, -0.25) is 14.7 Å². The lowest BCUT2D eigenvalue weighted by Crippen LogP contribution is -2.18. The number of anilines is 1. The van der Waals surface area contributed by atoms with E-state index in [0.717, 1.165) is 44.0 Å². The first kappa shape index (κ1) is 30.5. The Morgan fingerprint density at radius 3 is 2.26 bits per heavy atom. The molecule has 0 fully saturated rings. The van der Waals surface area contributed by atoms with E-state index in [2.05, 4.69) is 22.4 Å². The van der Waals surface area contributed by atoms with Gasteiger partial charge in [0.1, 0.15) is 22.9 Å². The van der Waals surface area contributed by atoms with Crippen molar-refractivity contribution in [1.29, 1.82) is 0 Å². The molecule has 0 spiro atoms. The molecular formula is C22H37F2N5O2. The minimum atomic E-state index is -0.991. The molecule has 0 aliphatic carbocycles. The molecule has 0 aliphatic heterocycles. The molecule has 0 saturated carbocycles. The zero-order chi connectivity index (χ0) is 24.2. The molecule has 6 N–H and O–H groups in total. The van der Waals surface area contributed by atoms with Crippen LogP contribution < -0.4 is 16.8 Å². The van der Waals surface area contributed by atoms with Gasteiger partial charge in [-0.05, 0) is 37.9 Å². The van der Waals surface area contributed by atoms with Gasteiger partial charge in [0.15, 0.2) is 6.29 Å². The Morgan fingerprint density at radius 2 is 1.77 bits per heavy atom. The molecule has 2 rings (SSSR count). The zero-order valence-electron chi connectivity index (χ0n) is 19.2. The summed E-state index contributed by atoms with van der Waals surface area (Å²) < 4.78 is 26.6. The molecule has 1 atom stereocenters. The summed E-state index contributed by atoms with van der Waals surface area (Å²) in [7, 11) is 0. The number of benzene rings is 1. The van der Waals surface area contributed by atoms with Crippen molar-refractivity contribution in [3.05, 3.63) is 47.3 Å². The van der Waals surface area contributed by atoms with Crippen molar-refractivity contribution < 1.29 is 18.4 Å². The van der Waals surface area contributed by atoms with Crippen LogP contribution in [0.2, 0.25) is 0 Å². The third-order valence-corrected chi connectivity index (χ3v) is 3.78. The fraction of sp³-hybridized carbons (Fsp3) is 0.500. The third-order valence-electron chi connectivity index (χ3n) is 3.78. The van der Waals surface area contributed by atoms with E-state index in [9.17, 15) is 18.4 Å². The fourth-order valence-corrected chi connectivity index (χ4v) is 2.14. The summed E-state index contributed by atoms with van der Waals surface area (Å²) in [6.45, 7) is 10.9. The molecule has 1 amide bonds. The second kappa shape index (κ2) is 19.3. The van der Waals surface area contributed by atoms with Gasteiger partial charge in [0.05, 0.1) is 11.9 Å². The predicted octanol–water partition coefficient (Wildman–Crippen LogP) is 4.66. The lowest BCUT2D eigenvalue weighted by molar-refractivity contribution is 0.101. The molecule has 0 saturated heterocycles. The maximum atomic E-state index is 13.3. The monoisotopic (exact) mass is 441 g/mol. The van der Waals surface area contributed by atoms with E-state index < -0.39 is 23.1 Å². The smallest absolute Gasteiger partial charge is 0.261 e. The number of nitrogens with two attached hydrogens (primary N) is 2. The van der Waals surface area contributed by atoms with Crippen molar-refractivity contribution in [2.45, 2.75) is 66.3 Å². The Bertz CT molecular complexity index is 718. The summed E-state index contributed by atoms with van der Waals surface area (Å²) in [4.78, 5) is 22.2. The third kappa shape index (κ3) is 12.0. The SMILES string of the molecule is CC.CC.CC[C@H](N)CCCCN.O=Cc1[nH]ncc1NC(=O)c1c(F)cccc1F. The molecule has 0 radical (unpaired) electrons. The lowest BCUT2D eigenvalue weighted by Gasteiger charge is -2.05. The molecule has 0 unspecified atom stereocenters. The molecule has 1 aromatic heterocycles. The quantitative estimate of drug-likeness (QED) is 0.350. The van der Waals surface area contributed by atoms with E-state index in [-0.39, 0.29) is 11.4 Å². The van der Waals surface area contributed by atoms with Crippen LogP contribution in [-0.2, 0) is 0 Å². The van der Waals surface area contributed by atoms with Crippen LogP contribution in [0.3, 0.4) is 0 Å². The molecule has 31 heavy (non-hydrogen) atoms. The van der Waals surface area contributed by atoms with Crippen LogP contribution in [0, 0.1) is 11.6 Å². The highest BCUT2D eigenvalue weighted by Gasteiger charge is 2.18. The van der Waals surface area contributed by atoms with Crippen LogP contribution in [0.15, 0.2) is 24.4 Å². The first-order chi connectivity index (χ1) is 14.9. The van der Waals surface area contributed by atoms with Crippen LogP contribution in [0.25, 0.3) is 0 Å². The van der Waals surface area contributed by atoms with Crippen LogP contribution in [0.1, 0.15) is 81.1 Å². The molecule has 176 valence electrons. The standard InChI is InChI=1S/C11H7F2N3O2.C7H18N2.2C2H6/c12-6-2-1-3-7(13)10(6)11(18)15-8-4-14-16-9(8)5-17;1-2-7(9)5-3-4-6-8;2*1-2/h1-5H,(H,14,16)(H,15,18);7H,2-6,8-9H2,1H3;2*1-2H3/t;7-;;/m.0../s1. The van der Waals surface area contributed by atoms with E-state index >= 15 is 0 Å². The number of hydrogen-bond donors (Lipinski definition) is 4. The number of carbonyl (C=O) groups excluding carboxylic acids is 2. The van der Waals surface area contributed by atoms with Gasteiger partial charge in [0, 0.05) is 6.04 Å². The first-order valence-corrected chi connectivity index (χ1v) is 10.6. The molecule has 2 aromatic rings. The van der Waals surface area contributed by atoms with E-state index in [4.69, 9.17) is 11.5 Å². The Kier molecular flexibility index (Phi) is 19.0. The Hall–Kier alpha value is -2.65. The largest absolute Gasteiger partial charge is 0.330 e. The van der Waals surface area contributed by atoms with Crippen LogP contribution in [-0.4, -0.2) is 35.0 Å². The molecule has 7 nitrogen and oxygen atoms in total. The molecule has 9 heteroatoms. The highest BCUT2D eigenvalue weighted by atomic mass is 19.1. The topological polar surface area (TPSA) is 127 Å². The summed E-state index contributed by atoms with van der Waals surface area (Å²) >= 11 is 0. The number of halogens is 2. The average molecular weight is 442 g/mol. The number of nitrogens with one attached hydrogen (secondary N) is 2. The van der Waals surface area contributed by atoms with Crippen molar-refractivity contribution in [3.63, 3.8) is 0 Å². The van der Waals surface area contributed by atoms with Crippen LogP contribution in [0.5, 0.6) is 0 Å². The maximum Gasteiger partial charge on any atom is 0.261 e. The number of aldehydes is 1. The van der Waals surface area contributed by atoms with Crippen molar-refractivity contribution >= 4 is 17.9 Å². The van der Waals surface area contributed by atoms with Gasteiger partial charge in [-0.2, -0.15) is 5.10 Å². The van der Waals surface area contributed by atoms with Gasteiger partial charge in [-0.1, -0.05) is 47.1 Å². The Morgan fingerprint density at radius 1 is 1.19 bits per heavy atom. The molecule has 1 heterocycles. The Balaban J connectivity index is 0. The number of unbranched alkanes of at least 4 members (excludes halogenated alkanes) is 1. The Labute approximate surface area is 184 Å². The highest BCUT2D eigenvalue weighted by molar-refractivity contribution is 6.06. The summed E-state index contributed by atoms with van der Waals surface area (Å²) in [5, 5.41) is 8.04. The van der Waals surface area contributed by atoms with Crippen LogP contribution >= 0.6 is 0 Å². The van der Waals surface area contributed by atoms with Crippen LogP contribution in [0.4, 0.5) is 14.5 Å².